The van der Waals surface area contributed by atoms with Crippen molar-refractivity contribution in [2.75, 3.05) is 19.4 Å². The number of nitrogens with one attached hydrogen (secondary N) is 1. The number of benzene rings is 3. The SMILES string of the molecule is Cc1cc(C(=O)N(C)C)ccc1Nc1nc2ccc(-c3ccc(CC(=O)Cc4ccc(F)cc4)cc3)cn2n1. The number of carbonyl (C=O) groups excluding carboxylic acids is 2. The molecule has 8 heteroatoms. The minimum absolute atomic E-state index is 0.0485. The summed E-state index contributed by atoms with van der Waals surface area (Å²) in [5, 5.41) is 7.82. The zero-order valence-electron chi connectivity index (χ0n) is 22.0. The topological polar surface area (TPSA) is 79.6 Å². The molecular formula is C31H28FN5O2. The number of nitrogens with zero attached hydrogens (tertiary/aromatic N) is 4. The Morgan fingerprint density at radius 1 is 0.872 bits per heavy atom. The second kappa shape index (κ2) is 10.9. The molecule has 0 unspecified atom stereocenters. The Morgan fingerprint density at radius 2 is 1.51 bits per heavy atom. The number of rotatable bonds is 8. The molecule has 7 nitrogen and oxygen atoms in total. The van der Waals surface area contributed by atoms with E-state index >= 15 is 0 Å². The van der Waals surface area contributed by atoms with Crippen LogP contribution in [0.15, 0.2) is 85.1 Å². The van der Waals surface area contributed by atoms with E-state index in [-0.39, 0.29) is 23.9 Å². The zero-order chi connectivity index (χ0) is 27.5. The van der Waals surface area contributed by atoms with Gasteiger partial charge in [-0.25, -0.2) is 8.91 Å². The molecule has 39 heavy (non-hydrogen) atoms. The average Bonchev–Trinajstić information content (AvgIpc) is 3.32. The Kier molecular flexibility index (Phi) is 7.19. The summed E-state index contributed by atoms with van der Waals surface area (Å²) in [7, 11) is 3.46. The molecule has 2 aromatic heterocycles. The number of hydrogen-bond donors (Lipinski definition) is 1. The summed E-state index contributed by atoms with van der Waals surface area (Å²) in [6, 6.07) is 23.3. The number of hydrogen-bond acceptors (Lipinski definition) is 5. The van der Waals surface area contributed by atoms with E-state index in [9.17, 15) is 14.0 Å². The van der Waals surface area contributed by atoms with Crippen LogP contribution in [0.3, 0.4) is 0 Å². The Bertz CT molecular complexity index is 1660. The van der Waals surface area contributed by atoms with Crippen LogP contribution in [0.5, 0.6) is 0 Å². The summed E-state index contributed by atoms with van der Waals surface area (Å²) in [5.41, 5.74) is 6.75. The predicted molar refractivity (Wildman–Crippen MR) is 150 cm³/mol. The Balaban J connectivity index is 1.27. The number of carbonyl (C=O) groups is 2. The van der Waals surface area contributed by atoms with E-state index in [1.54, 1.807) is 41.7 Å². The van der Waals surface area contributed by atoms with E-state index in [4.69, 9.17) is 0 Å². The monoisotopic (exact) mass is 521 g/mol. The second-order valence-electron chi connectivity index (χ2n) is 9.73. The third kappa shape index (κ3) is 6.01. The Labute approximate surface area is 225 Å². The second-order valence-corrected chi connectivity index (χ2v) is 9.73. The predicted octanol–water partition coefficient (Wildman–Crippen LogP) is 5.64. The van der Waals surface area contributed by atoms with Crippen molar-refractivity contribution in [1.29, 1.82) is 0 Å². The molecule has 5 aromatic rings. The van der Waals surface area contributed by atoms with Gasteiger partial charge in [0.25, 0.3) is 5.91 Å². The molecule has 0 atom stereocenters. The lowest BCUT2D eigenvalue weighted by molar-refractivity contribution is -0.117. The molecule has 0 aliphatic heterocycles. The lowest BCUT2D eigenvalue weighted by Gasteiger charge is -2.12. The van der Waals surface area contributed by atoms with Crippen LogP contribution in [0.1, 0.15) is 27.0 Å². The van der Waals surface area contributed by atoms with Gasteiger partial charge < -0.3 is 10.2 Å². The highest BCUT2D eigenvalue weighted by Crippen LogP contribution is 2.24. The van der Waals surface area contributed by atoms with Crippen LogP contribution in [0, 0.1) is 12.7 Å². The van der Waals surface area contributed by atoms with E-state index in [2.05, 4.69) is 15.4 Å². The molecule has 0 bridgehead atoms. The number of aromatic nitrogens is 3. The van der Waals surface area contributed by atoms with E-state index in [1.165, 1.54) is 12.1 Å². The van der Waals surface area contributed by atoms with Gasteiger partial charge in [-0.1, -0.05) is 36.4 Å². The normalized spacial score (nSPS) is 11.0. The summed E-state index contributed by atoms with van der Waals surface area (Å²) in [6.07, 6.45) is 2.51. The van der Waals surface area contributed by atoms with Gasteiger partial charge in [-0.05, 0) is 71.6 Å². The number of Topliss-reactive ketones (excluding diaryl/α,β-unsaturated/α-hetero) is 1. The molecular weight excluding hydrogens is 493 g/mol. The molecule has 5 rings (SSSR count). The van der Waals surface area contributed by atoms with Crippen LogP contribution in [0.2, 0.25) is 0 Å². The van der Waals surface area contributed by atoms with Gasteiger partial charge in [-0.2, -0.15) is 4.98 Å². The molecule has 0 aliphatic rings. The first-order valence-electron chi connectivity index (χ1n) is 12.6. The minimum Gasteiger partial charge on any atom is -0.345 e. The molecule has 1 N–H and O–H groups in total. The fraction of sp³-hybridized carbons (Fsp3) is 0.161. The summed E-state index contributed by atoms with van der Waals surface area (Å²) < 4.78 is 14.8. The van der Waals surface area contributed by atoms with Gasteiger partial charge in [-0.3, -0.25) is 9.59 Å². The number of pyridine rings is 1. The first-order valence-corrected chi connectivity index (χ1v) is 12.6. The van der Waals surface area contributed by atoms with Crippen LogP contribution in [-0.4, -0.2) is 45.3 Å². The standard InChI is InChI=1S/C31H28FN5O2/c1-20-16-24(30(39)36(2)3)10-14-28(20)33-31-34-29-15-11-25(19-37(29)35-31)23-8-4-21(5-9-23)17-27(38)18-22-6-12-26(32)13-7-22/h4-16,19H,17-18H2,1-3H3,(H,33,35). The van der Waals surface area contributed by atoms with Gasteiger partial charge in [0.15, 0.2) is 5.65 Å². The molecule has 1 amide bonds. The van der Waals surface area contributed by atoms with Crippen molar-refractivity contribution in [1.82, 2.24) is 19.5 Å². The van der Waals surface area contributed by atoms with Crippen molar-refractivity contribution < 1.29 is 14.0 Å². The molecule has 0 saturated carbocycles. The number of fused-ring (bicyclic) bond motifs is 1. The summed E-state index contributed by atoms with van der Waals surface area (Å²) in [5.74, 6) is 0.176. The van der Waals surface area contributed by atoms with Crippen LogP contribution >= 0.6 is 0 Å². The van der Waals surface area contributed by atoms with E-state index in [1.807, 2.05) is 61.7 Å². The quantitative estimate of drug-likeness (QED) is 0.286. The number of amides is 1. The number of ketones is 1. The molecule has 2 heterocycles. The van der Waals surface area contributed by atoms with Crippen LogP contribution in [-0.2, 0) is 17.6 Å². The van der Waals surface area contributed by atoms with E-state index < -0.39 is 0 Å². The first kappa shape index (κ1) is 25.8. The minimum atomic E-state index is -0.308. The number of halogens is 1. The third-order valence-electron chi connectivity index (χ3n) is 6.46. The zero-order valence-corrected chi connectivity index (χ0v) is 22.0. The van der Waals surface area contributed by atoms with Gasteiger partial charge in [0.2, 0.25) is 5.95 Å². The van der Waals surface area contributed by atoms with Crippen LogP contribution in [0.4, 0.5) is 16.0 Å². The average molecular weight is 522 g/mol. The lowest BCUT2D eigenvalue weighted by Crippen LogP contribution is -2.21. The number of anilines is 2. The number of aryl methyl sites for hydroxylation is 1. The summed E-state index contributed by atoms with van der Waals surface area (Å²) in [6.45, 7) is 1.93. The highest BCUT2D eigenvalue weighted by molar-refractivity contribution is 5.94. The molecule has 3 aromatic carbocycles. The fourth-order valence-corrected chi connectivity index (χ4v) is 4.36. The molecule has 0 saturated heterocycles. The van der Waals surface area contributed by atoms with Crippen molar-refractivity contribution in [2.45, 2.75) is 19.8 Å². The molecule has 0 fully saturated rings. The Hall–Kier alpha value is -4.85. The van der Waals surface area contributed by atoms with Crippen molar-refractivity contribution in [2.24, 2.45) is 0 Å². The van der Waals surface area contributed by atoms with Crippen molar-refractivity contribution in [3.05, 3.63) is 113 Å². The molecule has 0 radical (unpaired) electrons. The van der Waals surface area contributed by atoms with Crippen molar-refractivity contribution >= 4 is 29.0 Å². The summed E-state index contributed by atoms with van der Waals surface area (Å²) in [4.78, 5) is 30.8. The van der Waals surface area contributed by atoms with Crippen LogP contribution < -0.4 is 5.32 Å². The van der Waals surface area contributed by atoms with Crippen molar-refractivity contribution in [3.8, 4) is 11.1 Å². The first-order chi connectivity index (χ1) is 18.7. The highest BCUT2D eigenvalue weighted by Gasteiger charge is 2.12. The highest BCUT2D eigenvalue weighted by atomic mass is 19.1. The smallest absolute Gasteiger partial charge is 0.253 e. The van der Waals surface area contributed by atoms with E-state index in [0.717, 1.165) is 33.5 Å². The maximum atomic E-state index is 13.1. The van der Waals surface area contributed by atoms with Gasteiger partial charge in [0, 0.05) is 49.9 Å². The Morgan fingerprint density at radius 3 is 2.15 bits per heavy atom. The van der Waals surface area contributed by atoms with Gasteiger partial charge >= 0.3 is 0 Å². The van der Waals surface area contributed by atoms with Crippen molar-refractivity contribution in [3.63, 3.8) is 0 Å². The molecule has 0 spiro atoms. The van der Waals surface area contributed by atoms with Crippen LogP contribution in [0.25, 0.3) is 16.8 Å². The summed E-state index contributed by atoms with van der Waals surface area (Å²) >= 11 is 0. The lowest BCUT2D eigenvalue weighted by atomic mass is 10.0. The molecule has 0 aliphatic carbocycles. The van der Waals surface area contributed by atoms with Gasteiger partial charge in [0.05, 0.1) is 0 Å². The molecule has 196 valence electrons. The fourth-order valence-electron chi connectivity index (χ4n) is 4.36. The van der Waals surface area contributed by atoms with E-state index in [0.29, 0.717) is 23.6 Å². The third-order valence-corrected chi connectivity index (χ3v) is 6.46. The van der Waals surface area contributed by atoms with Gasteiger partial charge in [0.1, 0.15) is 11.6 Å². The van der Waals surface area contributed by atoms with Gasteiger partial charge in [-0.15, -0.1) is 5.10 Å². The maximum absolute atomic E-state index is 13.1. The maximum Gasteiger partial charge on any atom is 0.253 e. The largest absolute Gasteiger partial charge is 0.345 e.